The van der Waals surface area contributed by atoms with Gasteiger partial charge < -0.3 is 10.1 Å². The van der Waals surface area contributed by atoms with E-state index in [0.717, 1.165) is 6.54 Å². The zero-order chi connectivity index (χ0) is 14.6. The minimum absolute atomic E-state index is 0.0137. The van der Waals surface area contributed by atoms with E-state index in [1.807, 2.05) is 0 Å². The number of nitrogens with one attached hydrogen (secondary N) is 1. The van der Waals surface area contributed by atoms with Crippen LogP contribution >= 0.6 is 15.9 Å². The third kappa shape index (κ3) is 5.91. The smallest absolute Gasteiger partial charge is 0.141 e. The minimum atomic E-state index is -0.302. The molecule has 0 heterocycles. The van der Waals surface area contributed by atoms with Crippen molar-refractivity contribution < 1.29 is 9.13 Å². The molecule has 0 aliphatic carbocycles. The van der Waals surface area contributed by atoms with Crippen molar-refractivity contribution in [2.24, 2.45) is 5.92 Å². The molecule has 1 rings (SSSR count). The van der Waals surface area contributed by atoms with E-state index < -0.39 is 0 Å². The first-order valence-corrected chi connectivity index (χ1v) is 7.35. The van der Waals surface area contributed by atoms with Gasteiger partial charge in [0.05, 0.1) is 4.47 Å². The zero-order valence-electron chi connectivity index (χ0n) is 12.3. The average Bonchev–Trinajstić information content (AvgIpc) is 2.27. The predicted molar refractivity (Wildman–Crippen MR) is 81.1 cm³/mol. The topological polar surface area (TPSA) is 21.3 Å². The lowest BCUT2D eigenvalue weighted by molar-refractivity contribution is 0.139. The SMILES string of the molecule is CC(C)C(CNC(C)(C)C)Oc1ccc(Br)c(F)c1. The molecule has 4 heteroatoms. The molecule has 1 unspecified atom stereocenters. The van der Waals surface area contributed by atoms with Crippen molar-refractivity contribution in [2.45, 2.75) is 46.3 Å². The van der Waals surface area contributed by atoms with Crippen molar-refractivity contribution in [3.63, 3.8) is 0 Å². The average molecular weight is 332 g/mol. The summed E-state index contributed by atoms with van der Waals surface area (Å²) in [7, 11) is 0. The number of rotatable bonds is 5. The summed E-state index contributed by atoms with van der Waals surface area (Å²) in [4.78, 5) is 0. The third-order valence-corrected chi connectivity index (χ3v) is 3.40. The number of halogens is 2. The van der Waals surface area contributed by atoms with Gasteiger partial charge >= 0.3 is 0 Å². The Bertz CT molecular complexity index is 415. The maximum atomic E-state index is 13.5. The fourth-order valence-corrected chi connectivity index (χ4v) is 1.79. The lowest BCUT2D eigenvalue weighted by Crippen LogP contribution is -2.44. The van der Waals surface area contributed by atoms with Crippen molar-refractivity contribution in [3.05, 3.63) is 28.5 Å². The summed E-state index contributed by atoms with van der Waals surface area (Å²) >= 11 is 3.14. The summed E-state index contributed by atoms with van der Waals surface area (Å²) in [6.45, 7) is 11.3. The van der Waals surface area contributed by atoms with Crippen LogP contribution in [0.5, 0.6) is 5.75 Å². The second-order valence-corrected chi connectivity index (χ2v) is 6.96. The molecule has 0 aromatic heterocycles. The van der Waals surface area contributed by atoms with Crippen LogP contribution in [-0.4, -0.2) is 18.2 Å². The molecule has 0 saturated carbocycles. The molecule has 1 aromatic rings. The second kappa shape index (κ2) is 6.71. The molecule has 19 heavy (non-hydrogen) atoms. The Labute approximate surface area is 123 Å². The summed E-state index contributed by atoms with van der Waals surface area (Å²) in [6, 6.07) is 4.86. The predicted octanol–water partition coefficient (Wildman–Crippen LogP) is 4.38. The monoisotopic (exact) mass is 331 g/mol. The van der Waals surface area contributed by atoms with Crippen LogP contribution in [0.3, 0.4) is 0 Å². The number of ether oxygens (including phenoxy) is 1. The molecular weight excluding hydrogens is 309 g/mol. The molecule has 2 nitrogen and oxygen atoms in total. The molecule has 0 aliphatic rings. The van der Waals surface area contributed by atoms with Crippen molar-refractivity contribution in [3.8, 4) is 5.75 Å². The van der Waals surface area contributed by atoms with E-state index in [1.165, 1.54) is 6.07 Å². The molecule has 1 N–H and O–H groups in total. The minimum Gasteiger partial charge on any atom is -0.489 e. The van der Waals surface area contributed by atoms with E-state index in [9.17, 15) is 4.39 Å². The van der Waals surface area contributed by atoms with Crippen LogP contribution in [0.15, 0.2) is 22.7 Å². The van der Waals surface area contributed by atoms with Crippen LogP contribution < -0.4 is 10.1 Å². The highest BCUT2D eigenvalue weighted by Crippen LogP contribution is 2.23. The van der Waals surface area contributed by atoms with Gasteiger partial charge in [-0.05, 0) is 54.8 Å². The molecule has 0 amide bonds. The highest BCUT2D eigenvalue weighted by molar-refractivity contribution is 9.10. The number of hydrogen-bond acceptors (Lipinski definition) is 2. The van der Waals surface area contributed by atoms with Gasteiger partial charge in [0.1, 0.15) is 17.7 Å². The van der Waals surface area contributed by atoms with Gasteiger partial charge in [-0.3, -0.25) is 0 Å². The quantitative estimate of drug-likeness (QED) is 0.864. The fourth-order valence-electron chi connectivity index (χ4n) is 1.55. The number of hydrogen-bond donors (Lipinski definition) is 1. The fraction of sp³-hybridized carbons (Fsp3) is 0.600. The van der Waals surface area contributed by atoms with E-state index in [4.69, 9.17) is 4.74 Å². The maximum Gasteiger partial charge on any atom is 0.141 e. The molecule has 0 bridgehead atoms. The van der Waals surface area contributed by atoms with Crippen molar-refractivity contribution in [2.75, 3.05) is 6.54 Å². The van der Waals surface area contributed by atoms with Gasteiger partial charge in [-0.2, -0.15) is 0 Å². The molecule has 0 spiro atoms. The summed E-state index contributed by atoms with van der Waals surface area (Å²) < 4.78 is 19.8. The highest BCUT2D eigenvalue weighted by atomic mass is 79.9. The van der Waals surface area contributed by atoms with E-state index in [2.05, 4.69) is 55.9 Å². The third-order valence-electron chi connectivity index (χ3n) is 2.76. The van der Waals surface area contributed by atoms with Gasteiger partial charge in [0.2, 0.25) is 0 Å². The first kappa shape index (κ1) is 16.4. The van der Waals surface area contributed by atoms with E-state index in [1.54, 1.807) is 12.1 Å². The van der Waals surface area contributed by atoms with E-state index in [-0.39, 0.29) is 17.5 Å². The molecule has 1 aromatic carbocycles. The largest absolute Gasteiger partial charge is 0.489 e. The van der Waals surface area contributed by atoms with Gasteiger partial charge in [-0.25, -0.2) is 4.39 Å². The van der Waals surface area contributed by atoms with Crippen LogP contribution in [0.1, 0.15) is 34.6 Å². The molecule has 0 saturated heterocycles. The lowest BCUT2D eigenvalue weighted by atomic mass is 10.0. The van der Waals surface area contributed by atoms with E-state index in [0.29, 0.717) is 16.1 Å². The van der Waals surface area contributed by atoms with Crippen LogP contribution in [0.2, 0.25) is 0 Å². The maximum absolute atomic E-state index is 13.5. The van der Waals surface area contributed by atoms with Crippen LogP contribution in [0, 0.1) is 11.7 Å². The summed E-state index contributed by atoms with van der Waals surface area (Å²) in [6.07, 6.45) is 0.0137. The molecule has 0 fully saturated rings. The zero-order valence-corrected chi connectivity index (χ0v) is 13.8. The van der Waals surface area contributed by atoms with Crippen LogP contribution in [0.25, 0.3) is 0 Å². The summed E-state index contributed by atoms with van der Waals surface area (Å²) in [5.74, 6) is 0.612. The standard InChI is InChI=1S/C15H23BrFNO/c1-10(2)14(9-18-15(3,4)5)19-11-6-7-12(16)13(17)8-11/h6-8,10,14,18H,9H2,1-5H3. The van der Waals surface area contributed by atoms with Gasteiger partial charge in [0.25, 0.3) is 0 Å². The first-order chi connectivity index (χ1) is 8.69. The molecule has 1 atom stereocenters. The normalized spacial score (nSPS) is 13.7. The second-order valence-electron chi connectivity index (χ2n) is 6.11. The highest BCUT2D eigenvalue weighted by Gasteiger charge is 2.19. The van der Waals surface area contributed by atoms with Crippen molar-refractivity contribution >= 4 is 15.9 Å². The van der Waals surface area contributed by atoms with Crippen LogP contribution in [-0.2, 0) is 0 Å². The molecule has 0 aliphatic heterocycles. The van der Waals surface area contributed by atoms with Crippen molar-refractivity contribution in [1.82, 2.24) is 5.32 Å². The van der Waals surface area contributed by atoms with Crippen molar-refractivity contribution in [1.29, 1.82) is 0 Å². The van der Waals surface area contributed by atoms with Gasteiger partial charge in [0.15, 0.2) is 0 Å². The van der Waals surface area contributed by atoms with Gasteiger partial charge in [-0.1, -0.05) is 13.8 Å². The molecule has 0 radical (unpaired) electrons. The summed E-state index contributed by atoms with van der Waals surface area (Å²) in [5, 5.41) is 3.42. The lowest BCUT2D eigenvalue weighted by Gasteiger charge is -2.28. The Kier molecular flexibility index (Phi) is 5.81. The van der Waals surface area contributed by atoms with Gasteiger partial charge in [-0.15, -0.1) is 0 Å². The Balaban J connectivity index is 2.70. The van der Waals surface area contributed by atoms with Crippen LogP contribution in [0.4, 0.5) is 4.39 Å². The van der Waals surface area contributed by atoms with E-state index >= 15 is 0 Å². The first-order valence-electron chi connectivity index (χ1n) is 6.56. The van der Waals surface area contributed by atoms with Gasteiger partial charge in [0, 0.05) is 18.2 Å². The number of benzene rings is 1. The Morgan fingerprint density at radius 1 is 1.32 bits per heavy atom. The Morgan fingerprint density at radius 3 is 2.42 bits per heavy atom. The molecule has 108 valence electrons. The Hall–Kier alpha value is -0.610. The Morgan fingerprint density at radius 2 is 1.95 bits per heavy atom. The molecular formula is C15H23BrFNO. The summed E-state index contributed by atoms with van der Waals surface area (Å²) in [5.41, 5.74) is 0.0431.